The van der Waals surface area contributed by atoms with Gasteiger partial charge < -0.3 is 13.9 Å². The highest BCUT2D eigenvalue weighted by molar-refractivity contribution is 6.12. The Balaban J connectivity index is -0.000000381. The molecule has 0 radical (unpaired) electrons. The molecule has 0 bridgehead atoms. The van der Waals surface area contributed by atoms with Gasteiger partial charge in [-0.15, -0.1) is 0 Å². The summed E-state index contributed by atoms with van der Waals surface area (Å²) in [5, 5.41) is 11.5. The van der Waals surface area contributed by atoms with Crippen molar-refractivity contribution < 1.29 is 37.8 Å². The minimum absolute atomic E-state index is 0. The first-order chi connectivity index (χ1) is 20.1. The highest BCUT2D eigenvalue weighted by atomic mass is 16.3. The van der Waals surface area contributed by atoms with E-state index in [0.29, 0.717) is 29.4 Å². The Morgan fingerprint density at radius 1 is 0.721 bits per heavy atom. The Kier molecular flexibility index (Phi) is 5.54. The van der Waals surface area contributed by atoms with Crippen LogP contribution in [-0.2, 0) is 23.7 Å². The molecule has 8 rings (SSSR count). The van der Waals surface area contributed by atoms with Gasteiger partial charge in [-0.1, -0.05) is 90.1 Å². The average molecular weight is 597 g/mol. The third-order valence-electron chi connectivity index (χ3n) is 12.2. The largest absolute Gasteiger partial charge is 0.460 e. The van der Waals surface area contributed by atoms with Crippen molar-refractivity contribution in [2.75, 3.05) is 0 Å². The first kappa shape index (κ1) is 28.1. The SMILES string of the molecule is CC1(C)Cc2coc3c2[C@@](C)(c2ccccc2C3=O)[C@@]1(C)O.C[C@@H]1C(C)(C)Cc2coc3c2[C@@]1(C)c1ccccc1C3=O.[HH].[HH].[HH].[HH].[HH].[HH].[HH].[HH].[HH].[HH]. The maximum Gasteiger partial charge on any atom is 0.228 e. The van der Waals surface area contributed by atoms with Crippen LogP contribution >= 0.6 is 0 Å². The van der Waals surface area contributed by atoms with Gasteiger partial charge in [-0.2, -0.15) is 0 Å². The van der Waals surface area contributed by atoms with Gasteiger partial charge in [0.05, 0.1) is 23.5 Å². The summed E-state index contributed by atoms with van der Waals surface area (Å²) >= 11 is 0. The molecular weight excluding hydrogens is 536 g/mol. The molecule has 4 atom stereocenters. The molecule has 5 nitrogen and oxygen atoms in total. The number of rotatable bonds is 0. The molecule has 2 aromatic heterocycles. The molecule has 4 aromatic rings. The highest BCUT2D eigenvalue weighted by Gasteiger charge is 2.62. The number of ketones is 2. The van der Waals surface area contributed by atoms with E-state index < -0.39 is 11.0 Å². The summed E-state index contributed by atoms with van der Waals surface area (Å²) in [6, 6.07) is 15.6. The van der Waals surface area contributed by atoms with E-state index in [2.05, 4.69) is 47.6 Å². The molecule has 0 unspecified atom stereocenters. The van der Waals surface area contributed by atoms with Crippen molar-refractivity contribution >= 4 is 11.6 Å². The smallest absolute Gasteiger partial charge is 0.228 e. The minimum atomic E-state index is -0.998. The molecule has 0 saturated heterocycles. The Labute approximate surface area is 268 Å². The number of fused-ring (bicyclic) bond motifs is 4. The molecule has 2 aromatic carbocycles. The van der Waals surface area contributed by atoms with Gasteiger partial charge in [0.25, 0.3) is 0 Å². The molecule has 0 saturated carbocycles. The summed E-state index contributed by atoms with van der Waals surface area (Å²) in [5.41, 5.74) is 5.80. The lowest BCUT2D eigenvalue weighted by atomic mass is 9.48. The Morgan fingerprint density at radius 2 is 1.21 bits per heavy atom. The Bertz CT molecular complexity index is 1880. The van der Waals surface area contributed by atoms with Gasteiger partial charge in [0.1, 0.15) is 0 Å². The van der Waals surface area contributed by atoms with Gasteiger partial charge in [-0.3, -0.25) is 9.59 Å². The molecule has 0 amide bonds. The summed E-state index contributed by atoms with van der Waals surface area (Å²) in [4.78, 5) is 25.5. The second kappa shape index (κ2) is 8.47. The molecule has 43 heavy (non-hydrogen) atoms. The Morgan fingerprint density at radius 3 is 1.81 bits per heavy atom. The number of carbonyl (C=O) groups is 2. The number of hydrogen-bond donors (Lipinski definition) is 1. The van der Waals surface area contributed by atoms with Crippen molar-refractivity contribution in [3.05, 3.63) is 117 Å². The van der Waals surface area contributed by atoms with Crippen LogP contribution in [-0.4, -0.2) is 22.3 Å². The highest BCUT2D eigenvalue weighted by Crippen LogP contribution is 2.60. The number of furan rings is 2. The minimum Gasteiger partial charge on any atom is -0.460 e. The predicted octanol–water partition coefficient (Wildman–Crippen LogP) is 10.3. The van der Waals surface area contributed by atoms with Crippen LogP contribution < -0.4 is 0 Å². The number of aliphatic hydroxyl groups is 1. The van der Waals surface area contributed by atoms with E-state index in [1.54, 1.807) is 12.5 Å². The van der Waals surface area contributed by atoms with Crippen LogP contribution in [0, 0.1) is 16.7 Å². The van der Waals surface area contributed by atoms with E-state index >= 15 is 0 Å². The van der Waals surface area contributed by atoms with Crippen molar-refractivity contribution in [1.29, 1.82) is 0 Å². The first-order valence-corrected chi connectivity index (χ1v) is 15.3. The van der Waals surface area contributed by atoms with Gasteiger partial charge in [-0.05, 0) is 65.7 Å². The second-order valence-corrected chi connectivity index (χ2v) is 15.0. The van der Waals surface area contributed by atoms with Gasteiger partial charge in [-0.25, -0.2) is 0 Å². The van der Waals surface area contributed by atoms with Gasteiger partial charge in [0.15, 0.2) is 11.5 Å². The molecule has 1 N–H and O–H groups in total. The maximum absolute atomic E-state index is 12.7. The normalized spacial score (nSPS) is 30.3. The van der Waals surface area contributed by atoms with Crippen LogP contribution in [0.1, 0.15) is 135 Å². The van der Waals surface area contributed by atoms with E-state index in [1.165, 1.54) is 5.56 Å². The molecule has 0 aliphatic heterocycles. The van der Waals surface area contributed by atoms with Crippen LogP contribution in [0.3, 0.4) is 0 Å². The van der Waals surface area contributed by atoms with Gasteiger partial charge in [0.2, 0.25) is 11.6 Å². The Hall–Kier alpha value is -3.70. The molecular formula is C38H60O5. The first-order valence-electron chi connectivity index (χ1n) is 15.3. The van der Waals surface area contributed by atoms with Crippen LogP contribution in [0.15, 0.2) is 69.9 Å². The molecule has 5 heteroatoms. The van der Waals surface area contributed by atoms with Crippen molar-refractivity contribution in [1.82, 2.24) is 0 Å². The fourth-order valence-electron chi connectivity index (χ4n) is 8.97. The number of carbonyl (C=O) groups excluding carboxylic acids is 2. The van der Waals surface area contributed by atoms with Crippen LogP contribution in [0.5, 0.6) is 0 Å². The van der Waals surface area contributed by atoms with Crippen LogP contribution in [0.25, 0.3) is 0 Å². The molecule has 0 fully saturated rings. The summed E-state index contributed by atoms with van der Waals surface area (Å²) in [5.74, 6) is 1.35. The fraction of sp³-hybridized carbons (Fsp3) is 0.421. The zero-order valence-electron chi connectivity index (χ0n) is 26.3. The van der Waals surface area contributed by atoms with Gasteiger partial charge >= 0.3 is 0 Å². The molecule has 2 heterocycles. The fourth-order valence-corrected chi connectivity index (χ4v) is 8.97. The van der Waals surface area contributed by atoms with Crippen molar-refractivity contribution in [3.63, 3.8) is 0 Å². The number of benzene rings is 2. The standard InChI is InChI=1S/C19H20O3.C19H20O2.10H2/c1-17(2)9-11-10-22-16-14(11)18(3,19(17,4)21)13-8-6-5-7-12(13)15(16)20;1-11-18(2,3)9-12-10-21-17-15(12)19(11,4)14-8-6-5-7-13(14)16(17)20;;;;;;;;;;/h5-8,10,21H,9H2,1-4H3;5-8,10-11H,9H2,1-4H3;10*1H/t18-,19+;11-,19-;;;;;;;;;;/m11........../s1. The van der Waals surface area contributed by atoms with Gasteiger partial charge in [0, 0.05) is 41.9 Å². The lowest BCUT2D eigenvalue weighted by Crippen LogP contribution is -2.62. The van der Waals surface area contributed by atoms with E-state index in [-0.39, 0.29) is 42.1 Å². The monoisotopic (exact) mass is 596 g/mol. The third-order valence-corrected chi connectivity index (χ3v) is 12.2. The van der Waals surface area contributed by atoms with Crippen LogP contribution in [0.4, 0.5) is 0 Å². The second-order valence-electron chi connectivity index (χ2n) is 15.0. The van der Waals surface area contributed by atoms with E-state index in [9.17, 15) is 14.7 Å². The summed E-state index contributed by atoms with van der Waals surface area (Å²) in [6.45, 7) is 17.3. The topological polar surface area (TPSA) is 80.7 Å². The van der Waals surface area contributed by atoms with Crippen molar-refractivity contribution in [2.24, 2.45) is 16.7 Å². The number of hydrogen-bond acceptors (Lipinski definition) is 5. The van der Waals surface area contributed by atoms with Crippen molar-refractivity contribution in [2.45, 2.75) is 84.7 Å². The van der Waals surface area contributed by atoms with E-state index in [4.69, 9.17) is 8.83 Å². The average Bonchev–Trinajstić information content (AvgIpc) is 3.58. The van der Waals surface area contributed by atoms with Crippen molar-refractivity contribution in [3.8, 4) is 0 Å². The predicted molar refractivity (Wildman–Crippen MR) is 186 cm³/mol. The summed E-state index contributed by atoms with van der Waals surface area (Å²) in [6.07, 6.45) is 5.17. The summed E-state index contributed by atoms with van der Waals surface area (Å²) < 4.78 is 11.4. The lowest BCUT2D eigenvalue weighted by molar-refractivity contribution is -0.105. The molecule has 4 aliphatic rings. The zero-order chi connectivity index (χ0) is 30.9. The molecule has 0 spiro atoms. The third kappa shape index (κ3) is 3.27. The van der Waals surface area contributed by atoms with Crippen LogP contribution in [0.2, 0.25) is 0 Å². The van der Waals surface area contributed by atoms with E-state index in [0.717, 1.165) is 39.8 Å². The maximum atomic E-state index is 12.7. The lowest BCUT2D eigenvalue weighted by Gasteiger charge is -2.57. The molecule has 242 valence electrons. The quantitative estimate of drug-likeness (QED) is 0.218. The zero-order valence-corrected chi connectivity index (χ0v) is 26.3. The van der Waals surface area contributed by atoms with E-state index in [1.807, 2.05) is 56.3 Å². The summed E-state index contributed by atoms with van der Waals surface area (Å²) in [7, 11) is 0. The molecule has 4 aliphatic carbocycles.